The SMILES string of the molecule is COC(=O)[C@H](NC(=O)OCc1ccccc1)C(C)(C)O. The Bertz CT molecular complexity index is 452. The summed E-state index contributed by atoms with van der Waals surface area (Å²) in [6.45, 7) is 2.87. The maximum Gasteiger partial charge on any atom is 0.408 e. The first-order valence-corrected chi connectivity index (χ1v) is 6.12. The summed E-state index contributed by atoms with van der Waals surface area (Å²) in [5, 5.41) is 12.1. The zero-order valence-electron chi connectivity index (χ0n) is 11.8. The summed E-state index contributed by atoms with van der Waals surface area (Å²) in [6, 6.07) is 7.92. The van der Waals surface area contributed by atoms with E-state index in [9.17, 15) is 14.7 Å². The third-order valence-electron chi connectivity index (χ3n) is 2.62. The molecule has 0 saturated carbocycles. The smallest absolute Gasteiger partial charge is 0.408 e. The van der Waals surface area contributed by atoms with Crippen molar-refractivity contribution >= 4 is 12.1 Å². The lowest BCUT2D eigenvalue weighted by atomic mass is 9.99. The molecule has 1 atom stereocenters. The van der Waals surface area contributed by atoms with Crippen LogP contribution in [0.25, 0.3) is 0 Å². The fourth-order valence-corrected chi connectivity index (χ4v) is 1.52. The maximum atomic E-state index is 11.6. The van der Waals surface area contributed by atoms with Crippen molar-refractivity contribution in [2.75, 3.05) is 7.11 Å². The van der Waals surface area contributed by atoms with Crippen molar-refractivity contribution in [2.45, 2.75) is 32.1 Å². The first kappa shape index (κ1) is 16.0. The predicted molar refractivity (Wildman–Crippen MR) is 71.9 cm³/mol. The molecule has 110 valence electrons. The molecule has 0 bridgehead atoms. The van der Waals surface area contributed by atoms with E-state index < -0.39 is 23.7 Å². The average molecular weight is 281 g/mol. The second-order valence-corrected chi connectivity index (χ2v) is 4.82. The van der Waals surface area contributed by atoms with Crippen molar-refractivity contribution in [1.29, 1.82) is 0 Å². The van der Waals surface area contributed by atoms with Crippen LogP contribution in [0.2, 0.25) is 0 Å². The molecule has 0 aliphatic carbocycles. The molecule has 0 aliphatic rings. The number of hydrogen-bond acceptors (Lipinski definition) is 5. The van der Waals surface area contributed by atoms with Crippen LogP contribution in [0.15, 0.2) is 30.3 Å². The van der Waals surface area contributed by atoms with Crippen molar-refractivity contribution in [3.8, 4) is 0 Å². The van der Waals surface area contributed by atoms with Gasteiger partial charge in [0, 0.05) is 0 Å². The number of amides is 1. The van der Waals surface area contributed by atoms with Crippen LogP contribution in [0.1, 0.15) is 19.4 Å². The lowest BCUT2D eigenvalue weighted by Crippen LogP contribution is -2.54. The minimum Gasteiger partial charge on any atom is -0.467 e. The lowest BCUT2D eigenvalue weighted by Gasteiger charge is -2.27. The van der Waals surface area contributed by atoms with Gasteiger partial charge in [0.15, 0.2) is 6.04 Å². The Labute approximate surface area is 117 Å². The topological polar surface area (TPSA) is 84.9 Å². The van der Waals surface area contributed by atoms with Gasteiger partial charge in [-0.05, 0) is 19.4 Å². The minimum atomic E-state index is -1.46. The number of carbonyl (C=O) groups is 2. The van der Waals surface area contributed by atoms with E-state index in [-0.39, 0.29) is 6.61 Å². The Kier molecular flexibility index (Phi) is 5.52. The van der Waals surface area contributed by atoms with Gasteiger partial charge in [0.05, 0.1) is 12.7 Å². The molecule has 0 fully saturated rings. The summed E-state index contributed by atoms with van der Waals surface area (Å²) in [7, 11) is 1.18. The van der Waals surface area contributed by atoms with Gasteiger partial charge in [-0.15, -0.1) is 0 Å². The zero-order chi connectivity index (χ0) is 15.2. The number of esters is 1. The van der Waals surface area contributed by atoms with E-state index in [4.69, 9.17) is 4.74 Å². The van der Waals surface area contributed by atoms with Gasteiger partial charge in [-0.2, -0.15) is 0 Å². The van der Waals surface area contributed by atoms with E-state index in [1.54, 1.807) is 12.1 Å². The highest BCUT2D eigenvalue weighted by Gasteiger charge is 2.36. The van der Waals surface area contributed by atoms with Gasteiger partial charge >= 0.3 is 12.1 Å². The van der Waals surface area contributed by atoms with Crippen LogP contribution in [0.5, 0.6) is 0 Å². The molecule has 20 heavy (non-hydrogen) atoms. The van der Waals surface area contributed by atoms with Crippen molar-refractivity contribution in [2.24, 2.45) is 0 Å². The summed E-state index contributed by atoms with van der Waals surface area (Å²) < 4.78 is 9.51. The molecule has 6 nitrogen and oxygen atoms in total. The number of hydrogen-bond donors (Lipinski definition) is 2. The monoisotopic (exact) mass is 281 g/mol. The highest BCUT2D eigenvalue weighted by molar-refractivity contribution is 5.82. The van der Waals surface area contributed by atoms with E-state index in [0.717, 1.165) is 5.56 Å². The molecule has 1 amide bonds. The highest BCUT2D eigenvalue weighted by atomic mass is 16.6. The fourth-order valence-electron chi connectivity index (χ4n) is 1.52. The number of benzene rings is 1. The molecule has 0 aromatic heterocycles. The molecule has 0 unspecified atom stereocenters. The summed E-state index contributed by atoms with van der Waals surface area (Å²) in [4.78, 5) is 23.2. The number of ether oxygens (including phenoxy) is 2. The third kappa shape index (κ3) is 4.89. The van der Waals surface area contributed by atoms with Gasteiger partial charge in [-0.3, -0.25) is 0 Å². The first-order chi connectivity index (χ1) is 9.34. The summed E-state index contributed by atoms with van der Waals surface area (Å²) in [6.07, 6.45) is -0.800. The van der Waals surface area contributed by atoms with Crippen LogP contribution in [0, 0.1) is 0 Å². The molecule has 6 heteroatoms. The molecular weight excluding hydrogens is 262 g/mol. The molecule has 0 spiro atoms. The van der Waals surface area contributed by atoms with Crippen molar-refractivity contribution < 1.29 is 24.2 Å². The van der Waals surface area contributed by atoms with Crippen LogP contribution >= 0.6 is 0 Å². The summed E-state index contributed by atoms with van der Waals surface area (Å²) in [5.74, 6) is -0.742. The van der Waals surface area contributed by atoms with Gasteiger partial charge < -0.3 is 19.9 Å². The van der Waals surface area contributed by atoms with E-state index in [1.807, 2.05) is 18.2 Å². The van der Waals surface area contributed by atoms with Gasteiger partial charge in [-0.1, -0.05) is 30.3 Å². The Hall–Kier alpha value is -2.08. The Morgan fingerprint density at radius 3 is 2.40 bits per heavy atom. The number of methoxy groups -OCH3 is 1. The second-order valence-electron chi connectivity index (χ2n) is 4.82. The van der Waals surface area contributed by atoms with E-state index in [0.29, 0.717) is 0 Å². The summed E-state index contributed by atoms with van der Waals surface area (Å²) in [5.41, 5.74) is -0.640. The van der Waals surface area contributed by atoms with Crippen LogP contribution < -0.4 is 5.32 Å². The quantitative estimate of drug-likeness (QED) is 0.793. The number of nitrogens with one attached hydrogen (secondary N) is 1. The molecule has 0 aliphatic heterocycles. The van der Waals surface area contributed by atoms with Crippen molar-refractivity contribution in [1.82, 2.24) is 5.32 Å². The van der Waals surface area contributed by atoms with Gasteiger partial charge in [0.2, 0.25) is 0 Å². The molecule has 1 aromatic rings. The lowest BCUT2D eigenvalue weighted by molar-refractivity contribution is -0.149. The Balaban J connectivity index is 2.57. The number of carbonyl (C=O) groups excluding carboxylic acids is 2. The minimum absolute atomic E-state index is 0.0758. The van der Waals surface area contributed by atoms with E-state index in [1.165, 1.54) is 21.0 Å². The maximum absolute atomic E-state index is 11.6. The second kappa shape index (κ2) is 6.91. The molecule has 0 heterocycles. The summed E-state index contributed by atoms with van der Waals surface area (Å²) >= 11 is 0. The Morgan fingerprint density at radius 1 is 1.30 bits per heavy atom. The van der Waals surface area contributed by atoms with Crippen LogP contribution in [-0.4, -0.2) is 35.9 Å². The van der Waals surface area contributed by atoms with Crippen LogP contribution in [-0.2, 0) is 20.9 Å². The standard InChI is InChI=1S/C14H19NO5/c1-14(2,18)11(12(16)19-3)15-13(17)20-9-10-7-5-4-6-8-10/h4-8,11,18H,9H2,1-3H3,(H,15,17)/t11-/m0/s1. The van der Waals surface area contributed by atoms with Crippen LogP contribution in [0.4, 0.5) is 4.79 Å². The van der Waals surface area contributed by atoms with E-state index in [2.05, 4.69) is 10.1 Å². The van der Waals surface area contributed by atoms with Gasteiger partial charge in [0.25, 0.3) is 0 Å². The van der Waals surface area contributed by atoms with Crippen molar-refractivity contribution in [3.63, 3.8) is 0 Å². The molecule has 1 aromatic carbocycles. The van der Waals surface area contributed by atoms with Gasteiger partial charge in [-0.25, -0.2) is 9.59 Å². The van der Waals surface area contributed by atoms with E-state index >= 15 is 0 Å². The van der Waals surface area contributed by atoms with Crippen LogP contribution in [0.3, 0.4) is 0 Å². The molecule has 0 saturated heterocycles. The van der Waals surface area contributed by atoms with Crippen molar-refractivity contribution in [3.05, 3.63) is 35.9 Å². The van der Waals surface area contributed by atoms with Gasteiger partial charge in [0.1, 0.15) is 6.61 Å². The first-order valence-electron chi connectivity index (χ1n) is 6.12. The fraction of sp³-hybridized carbons (Fsp3) is 0.429. The molecule has 1 rings (SSSR count). The normalized spacial score (nSPS) is 12.4. The number of aliphatic hydroxyl groups is 1. The molecule has 2 N–H and O–H groups in total. The zero-order valence-corrected chi connectivity index (χ0v) is 11.8. The highest BCUT2D eigenvalue weighted by Crippen LogP contribution is 2.10. The number of alkyl carbamates (subject to hydrolysis) is 1. The largest absolute Gasteiger partial charge is 0.467 e. The predicted octanol–water partition coefficient (Wildman–Crippen LogP) is 1.23. The number of rotatable bonds is 5. The average Bonchev–Trinajstić information content (AvgIpc) is 2.41. The Morgan fingerprint density at radius 2 is 1.90 bits per heavy atom. The molecular formula is C14H19NO5. The third-order valence-corrected chi connectivity index (χ3v) is 2.62. The molecule has 0 radical (unpaired) electrons.